The molecule has 0 aliphatic carbocycles. The normalized spacial score (nSPS) is 19.9. The van der Waals surface area contributed by atoms with Crippen molar-refractivity contribution in [1.82, 2.24) is 4.98 Å². The van der Waals surface area contributed by atoms with Crippen LogP contribution in [0.3, 0.4) is 0 Å². The summed E-state index contributed by atoms with van der Waals surface area (Å²) in [7, 11) is 0. The number of anilines is 1. The molecule has 2 rings (SSSR count). The standard InChI is InChI=1S/C13H20N2O2/c1-10-12(9-17)2-3-13(14-10)15-6-4-11(8-15)5-7-16/h2-3,11,16-17H,4-9H2,1H3. The zero-order valence-electron chi connectivity index (χ0n) is 10.3. The molecule has 1 aliphatic heterocycles. The van der Waals surface area contributed by atoms with E-state index in [4.69, 9.17) is 10.2 Å². The molecule has 1 atom stereocenters. The molecule has 0 amide bonds. The average Bonchev–Trinajstić information content (AvgIpc) is 2.78. The molecule has 1 unspecified atom stereocenters. The van der Waals surface area contributed by atoms with Gasteiger partial charge in [0.15, 0.2) is 0 Å². The summed E-state index contributed by atoms with van der Waals surface area (Å²) in [5.41, 5.74) is 1.79. The highest BCUT2D eigenvalue weighted by atomic mass is 16.3. The Morgan fingerprint density at radius 3 is 2.88 bits per heavy atom. The van der Waals surface area contributed by atoms with Crippen LogP contribution >= 0.6 is 0 Å². The summed E-state index contributed by atoms with van der Waals surface area (Å²) in [6.45, 7) is 4.23. The predicted molar refractivity (Wildman–Crippen MR) is 66.9 cm³/mol. The molecule has 1 aliphatic rings. The Kier molecular flexibility index (Phi) is 3.97. The monoisotopic (exact) mass is 236 g/mol. The molecule has 1 saturated heterocycles. The molecule has 4 heteroatoms. The van der Waals surface area contributed by atoms with Gasteiger partial charge >= 0.3 is 0 Å². The molecule has 0 saturated carbocycles. The van der Waals surface area contributed by atoms with E-state index in [1.807, 2.05) is 19.1 Å². The summed E-state index contributed by atoms with van der Waals surface area (Å²) in [5.74, 6) is 1.57. The first-order valence-electron chi connectivity index (χ1n) is 6.17. The quantitative estimate of drug-likeness (QED) is 0.821. The number of rotatable bonds is 4. The van der Waals surface area contributed by atoms with Crippen molar-refractivity contribution in [2.75, 3.05) is 24.6 Å². The van der Waals surface area contributed by atoms with Gasteiger partial charge in [0, 0.05) is 25.4 Å². The van der Waals surface area contributed by atoms with E-state index in [1.165, 1.54) is 0 Å². The molecule has 0 aromatic carbocycles. The van der Waals surface area contributed by atoms with E-state index in [2.05, 4.69) is 9.88 Å². The van der Waals surface area contributed by atoms with Crippen molar-refractivity contribution in [2.45, 2.75) is 26.4 Å². The molecule has 0 bridgehead atoms. The van der Waals surface area contributed by atoms with Crippen molar-refractivity contribution >= 4 is 5.82 Å². The number of hydrogen-bond acceptors (Lipinski definition) is 4. The maximum atomic E-state index is 9.11. The second-order valence-electron chi connectivity index (χ2n) is 4.69. The average molecular weight is 236 g/mol. The number of pyridine rings is 1. The van der Waals surface area contributed by atoms with Crippen LogP contribution in [0.1, 0.15) is 24.1 Å². The van der Waals surface area contributed by atoms with Gasteiger partial charge in [0.2, 0.25) is 0 Å². The molecule has 4 nitrogen and oxygen atoms in total. The highest BCUT2D eigenvalue weighted by Crippen LogP contribution is 2.24. The third-order valence-electron chi connectivity index (χ3n) is 3.50. The van der Waals surface area contributed by atoms with Crippen LogP contribution in [0.4, 0.5) is 5.82 Å². The summed E-state index contributed by atoms with van der Waals surface area (Å²) in [6.07, 6.45) is 2.01. The molecule has 1 fully saturated rings. The summed E-state index contributed by atoms with van der Waals surface area (Å²) in [5, 5.41) is 18.0. The molecule has 0 spiro atoms. The Labute approximate surface area is 102 Å². The van der Waals surface area contributed by atoms with E-state index in [0.717, 1.165) is 43.0 Å². The van der Waals surface area contributed by atoms with Gasteiger partial charge in [0.25, 0.3) is 0 Å². The van der Waals surface area contributed by atoms with Crippen molar-refractivity contribution < 1.29 is 10.2 Å². The lowest BCUT2D eigenvalue weighted by molar-refractivity contribution is 0.263. The number of hydrogen-bond donors (Lipinski definition) is 2. The number of aryl methyl sites for hydroxylation is 1. The Balaban J connectivity index is 2.06. The first kappa shape index (κ1) is 12.3. The van der Waals surface area contributed by atoms with Crippen molar-refractivity contribution in [1.29, 1.82) is 0 Å². The van der Waals surface area contributed by atoms with Crippen LogP contribution in [0.2, 0.25) is 0 Å². The SMILES string of the molecule is Cc1nc(N2CCC(CCO)C2)ccc1CO. The maximum Gasteiger partial charge on any atom is 0.128 e. The van der Waals surface area contributed by atoms with Crippen molar-refractivity contribution in [3.63, 3.8) is 0 Å². The van der Waals surface area contributed by atoms with Crippen molar-refractivity contribution in [3.05, 3.63) is 23.4 Å². The minimum Gasteiger partial charge on any atom is -0.396 e. The molecule has 0 radical (unpaired) electrons. The third-order valence-corrected chi connectivity index (χ3v) is 3.50. The van der Waals surface area contributed by atoms with Crippen LogP contribution in [-0.4, -0.2) is 34.9 Å². The fourth-order valence-electron chi connectivity index (χ4n) is 2.38. The predicted octanol–water partition coefficient (Wildman–Crippen LogP) is 1.09. The van der Waals surface area contributed by atoms with Gasteiger partial charge in [-0.05, 0) is 37.3 Å². The van der Waals surface area contributed by atoms with Crippen LogP contribution in [-0.2, 0) is 6.61 Å². The second kappa shape index (κ2) is 5.47. The Morgan fingerprint density at radius 2 is 2.24 bits per heavy atom. The van der Waals surface area contributed by atoms with Crippen LogP contribution in [0, 0.1) is 12.8 Å². The van der Waals surface area contributed by atoms with Gasteiger partial charge in [-0.3, -0.25) is 0 Å². The van der Waals surface area contributed by atoms with Gasteiger partial charge in [0.05, 0.1) is 6.61 Å². The Bertz CT molecular complexity index is 382. The van der Waals surface area contributed by atoms with E-state index in [9.17, 15) is 0 Å². The summed E-state index contributed by atoms with van der Waals surface area (Å²) in [6, 6.07) is 3.91. The Hall–Kier alpha value is -1.13. The lowest BCUT2D eigenvalue weighted by Gasteiger charge is -2.18. The summed E-state index contributed by atoms with van der Waals surface area (Å²) in [4.78, 5) is 6.78. The highest BCUT2D eigenvalue weighted by Gasteiger charge is 2.23. The van der Waals surface area contributed by atoms with Crippen molar-refractivity contribution in [2.24, 2.45) is 5.92 Å². The van der Waals surface area contributed by atoms with Crippen molar-refractivity contribution in [3.8, 4) is 0 Å². The fraction of sp³-hybridized carbons (Fsp3) is 0.615. The molecule has 2 heterocycles. The maximum absolute atomic E-state index is 9.11. The van der Waals surface area contributed by atoms with E-state index in [-0.39, 0.29) is 13.2 Å². The third kappa shape index (κ3) is 2.76. The van der Waals surface area contributed by atoms with E-state index in [0.29, 0.717) is 5.92 Å². The number of aliphatic hydroxyl groups is 2. The molecule has 2 N–H and O–H groups in total. The molecule has 1 aromatic heterocycles. The van der Waals surface area contributed by atoms with E-state index >= 15 is 0 Å². The van der Waals surface area contributed by atoms with Gasteiger partial charge in [-0.25, -0.2) is 4.98 Å². The second-order valence-corrected chi connectivity index (χ2v) is 4.69. The molecule has 1 aromatic rings. The molecule has 94 valence electrons. The lowest BCUT2D eigenvalue weighted by atomic mass is 10.1. The van der Waals surface area contributed by atoms with Gasteiger partial charge in [-0.15, -0.1) is 0 Å². The largest absolute Gasteiger partial charge is 0.396 e. The van der Waals surface area contributed by atoms with E-state index < -0.39 is 0 Å². The number of aliphatic hydroxyl groups excluding tert-OH is 2. The van der Waals surface area contributed by atoms with Crippen LogP contribution in [0.5, 0.6) is 0 Å². The molecule has 17 heavy (non-hydrogen) atoms. The summed E-state index contributed by atoms with van der Waals surface area (Å²) < 4.78 is 0. The minimum absolute atomic E-state index is 0.0479. The highest BCUT2D eigenvalue weighted by molar-refractivity contribution is 5.42. The smallest absolute Gasteiger partial charge is 0.128 e. The van der Waals surface area contributed by atoms with Crippen LogP contribution < -0.4 is 4.90 Å². The first-order valence-corrected chi connectivity index (χ1v) is 6.17. The topological polar surface area (TPSA) is 56.6 Å². The fourth-order valence-corrected chi connectivity index (χ4v) is 2.38. The zero-order valence-corrected chi connectivity index (χ0v) is 10.3. The van der Waals surface area contributed by atoms with Gasteiger partial charge in [-0.2, -0.15) is 0 Å². The minimum atomic E-state index is 0.0479. The van der Waals surface area contributed by atoms with Crippen LogP contribution in [0.25, 0.3) is 0 Å². The summed E-state index contributed by atoms with van der Waals surface area (Å²) >= 11 is 0. The lowest BCUT2D eigenvalue weighted by Crippen LogP contribution is -2.21. The van der Waals surface area contributed by atoms with E-state index in [1.54, 1.807) is 0 Å². The van der Waals surface area contributed by atoms with Crippen LogP contribution in [0.15, 0.2) is 12.1 Å². The van der Waals surface area contributed by atoms with Gasteiger partial charge in [0.1, 0.15) is 5.82 Å². The molecular weight excluding hydrogens is 216 g/mol. The number of nitrogens with zero attached hydrogens (tertiary/aromatic N) is 2. The zero-order chi connectivity index (χ0) is 12.3. The first-order chi connectivity index (χ1) is 8.24. The van der Waals surface area contributed by atoms with Gasteiger partial charge < -0.3 is 15.1 Å². The Morgan fingerprint density at radius 1 is 1.41 bits per heavy atom. The van der Waals surface area contributed by atoms with Gasteiger partial charge in [-0.1, -0.05) is 6.07 Å². The number of aromatic nitrogens is 1. The molecular formula is C13H20N2O2.